The monoisotopic (exact) mass is 269 g/mol. The number of hydrogen-bond donors (Lipinski definition) is 1. The SMILES string of the molecule is CC[C@H](N)c1ccc(N(C)CCc2ccncc2)cc1. The number of pyridine rings is 1. The maximum Gasteiger partial charge on any atom is 0.0363 e. The molecule has 1 heterocycles. The van der Waals surface area contributed by atoms with Crippen molar-refractivity contribution < 1.29 is 0 Å². The summed E-state index contributed by atoms with van der Waals surface area (Å²) in [5, 5.41) is 0. The molecule has 0 spiro atoms. The molecule has 0 saturated heterocycles. The van der Waals surface area contributed by atoms with Crippen LogP contribution in [0.4, 0.5) is 5.69 Å². The van der Waals surface area contributed by atoms with E-state index < -0.39 is 0 Å². The van der Waals surface area contributed by atoms with E-state index in [-0.39, 0.29) is 6.04 Å². The van der Waals surface area contributed by atoms with Crippen molar-refractivity contribution in [2.24, 2.45) is 5.73 Å². The van der Waals surface area contributed by atoms with Gasteiger partial charge >= 0.3 is 0 Å². The highest BCUT2D eigenvalue weighted by Crippen LogP contribution is 2.19. The Labute approximate surface area is 121 Å². The van der Waals surface area contributed by atoms with Gasteiger partial charge in [0, 0.05) is 37.7 Å². The Kier molecular flexibility index (Phi) is 5.13. The van der Waals surface area contributed by atoms with Crippen LogP contribution in [0.2, 0.25) is 0 Å². The van der Waals surface area contributed by atoms with E-state index in [4.69, 9.17) is 5.73 Å². The lowest BCUT2D eigenvalue weighted by Gasteiger charge is -2.20. The Hall–Kier alpha value is -1.87. The number of nitrogens with two attached hydrogens (primary N) is 1. The molecule has 0 saturated carbocycles. The van der Waals surface area contributed by atoms with Crippen molar-refractivity contribution in [1.82, 2.24) is 4.98 Å². The maximum atomic E-state index is 6.04. The van der Waals surface area contributed by atoms with Gasteiger partial charge in [-0.2, -0.15) is 0 Å². The van der Waals surface area contributed by atoms with Crippen molar-refractivity contribution in [3.05, 3.63) is 59.9 Å². The number of anilines is 1. The topological polar surface area (TPSA) is 42.1 Å². The quantitative estimate of drug-likeness (QED) is 0.876. The Morgan fingerprint density at radius 1 is 1.10 bits per heavy atom. The molecule has 2 N–H and O–H groups in total. The van der Waals surface area contributed by atoms with Crippen LogP contribution in [-0.4, -0.2) is 18.6 Å². The molecular weight excluding hydrogens is 246 g/mol. The average molecular weight is 269 g/mol. The van der Waals surface area contributed by atoms with Gasteiger partial charge in [0.25, 0.3) is 0 Å². The predicted octanol–water partition coefficient (Wildman–Crippen LogP) is 3.17. The van der Waals surface area contributed by atoms with E-state index in [1.165, 1.54) is 16.8 Å². The molecule has 3 nitrogen and oxygen atoms in total. The van der Waals surface area contributed by atoms with E-state index in [9.17, 15) is 0 Å². The van der Waals surface area contributed by atoms with Crippen LogP contribution in [0.1, 0.15) is 30.5 Å². The molecule has 0 unspecified atom stereocenters. The number of hydrogen-bond acceptors (Lipinski definition) is 3. The normalized spacial score (nSPS) is 12.2. The second-order valence-electron chi connectivity index (χ2n) is 5.13. The first kappa shape index (κ1) is 14.5. The summed E-state index contributed by atoms with van der Waals surface area (Å²) < 4.78 is 0. The molecule has 0 bridgehead atoms. The van der Waals surface area contributed by atoms with E-state index >= 15 is 0 Å². The van der Waals surface area contributed by atoms with Gasteiger partial charge in [0.2, 0.25) is 0 Å². The van der Waals surface area contributed by atoms with Crippen LogP contribution in [0.3, 0.4) is 0 Å². The Morgan fingerprint density at radius 2 is 1.75 bits per heavy atom. The fourth-order valence-corrected chi connectivity index (χ4v) is 2.19. The van der Waals surface area contributed by atoms with Gasteiger partial charge in [0.15, 0.2) is 0 Å². The van der Waals surface area contributed by atoms with Crippen LogP contribution in [0.25, 0.3) is 0 Å². The van der Waals surface area contributed by atoms with E-state index in [0.29, 0.717) is 0 Å². The van der Waals surface area contributed by atoms with Crippen molar-refractivity contribution in [2.45, 2.75) is 25.8 Å². The lowest BCUT2D eigenvalue weighted by Crippen LogP contribution is -2.20. The standard InChI is InChI=1S/C17H23N3/c1-3-17(18)15-4-6-16(7-5-15)20(2)13-10-14-8-11-19-12-9-14/h4-9,11-12,17H,3,10,13,18H2,1-2H3/t17-/m0/s1. The lowest BCUT2D eigenvalue weighted by molar-refractivity contribution is 0.698. The van der Waals surface area contributed by atoms with Crippen molar-refractivity contribution in [1.29, 1.82) is 0 Å². The zero-order valence-corrected chi connectivity index (χ0v) is 12.3. The number of nitrogens with zero attached hydrogens (tertiary/aromatic N) is 2. The Morgan fingerprint density at radius 3 is 2.35 bits per heavy atom. The van der Waals surface area contributed by atoms with Crippen molar-refractivity contribution in [3.8, 4) is 0 Å². The molecular formula is C17H23N3. The van der Waals surface area contributed by atoms with Gasteiger partial charge < -0.3 is 10.6 Å². The van der Waals surface area contributed by atoms with Gasteiger partial charge in [-0.3, -0.25) is 4.98 Å². The van der Waals surface area contributed by atoms with Gasteiger partial charge in [-0.25, -0.2) is 0 Å². The van der Waals surface area contributed by atoms with Gasteiger partial charge in [0.1, 0.15) is 0 Å². The Bertz CT molecular complexity index is 508. The molecule has 0 fully saturated rings. The highest BCUT2D eigenvalue weighted by atomic mass is 15.1. The summed E-state index contributed by atoms with van der Waals surface area (Å²) >= 11 is 0. The third-order valence-electron chi connectivity index (χ3n) is 3.69. The van der Waals surface area contributed by atoms with Crippen LogP contribution in [-0.2, 0) is 6.42 Å². The number of likely N-dealkylation sites (N-methyl/N-ethyl adjacent to an activating group) is 1. The summed E-state index contributed by atoms with van der Waals surface area (Å²) in [6.07, 6.45) is 5.68. The molecule has 0 amide bonds. The average Bonchev–Trinajstić information content (AvgIpc) is 2.53. The van der Waals surface area contributed by atoms with Crippen LogP contribution in [0.5, 0.6) is 0 Å². The number of rotatable bonds is 6. The molecule has 0 aliphatic heterocycles. The molecule has 1 aromatic heterocycles. The fourth-order valence-electron chi connectivity index (χ4n) is 2.19. The van der Waals surface area contributed by atoms with Crippen LogP contribution < -0.4 is 10.6 Å². The van der Waals surface area contributed by atoms with Gasteiger partial charge in [0.05, 0.1) is 0 Å². The minimum Gasteiger partial charge on any atom is -0.374 e. The third-order valence-corrected chi connectivity index (χ3v) is 3.69. The zero-order chi connectivity index (χ0) is 14.4. The summed E-state index contributed by atoms with van der Waals surface area (Å²) in [5.74, 6) is 0. The smallest absolute Gasteiger partial charge is 0.0363 e. The molecule has 0 aliphatic rings. The summed E-state index contributed by atoms with van der Waals surface area (Å²) in [4.78, 5) is 6.30. The van der Waals surface area contributed by atoms with E-state index in [1.807, 2.05) is 12.4 Å². The largest absolute Gasteiger partial charge is 0.374 e. The molecule has 2 aromatic rings. The van der Waals surface area contributed by atoms with Crippen molar-refractivity contribution in [2.75, 3.05) is 18.5 Å². The first-order valence-electron chi connectivity index (χ1n) is 7.16. The minimum absolute atomic E-state index is 0.145. The molecule has 106 valence electrons. The molecule has 20 heavy (non-hydrogen) atoms. The second kappa shape index (κ2) is 7.06. The summed E-state index contributed by atoms with van der Waals surface area (Å²) in [6.45, 7) is 3.10. The highest BCUT2D eigenvalue weighted by molar-refractivity contribution is 5.47. The fraction of sp³-hybridized carbons (Fsp3) is 0.353. The highest BCUT2D eigenvalue weighted by Gasteiger charge is 2.05. The number of aromatic nitrogens is 1. The first-order chi connectivity index (χ1) is 9.70. The maximum absolute atomic E-state index is 6.04. The third kappa shape index (κ3) is 3.81. The minimum atomic E-state index is 0.145. The summed E-state index contributed by atoms with van der Waals surface area (Å²) in [7, 11) is 2.12. The predicted molar refractivity (Wildman–Crippen MR) is 84.9 cm³/mol. The van der Waals surface area contributed by atoms with E-state index in [1.54, 1.807) is 0 Å². The summed E-state index contributed by atoms with van der Waals surface area (Å²) in [6, 6.07) is 12.8. The first-order valence-corrected chi connectivity index (χ1v) is 7.16. The molecule has 2 rings (SSSR count). The summed E-state index contributed by atoms with van der Waals surface area (Å²) in [5.41, 5.74) is 9.79. The molecule has 0 aliphatic carbocycles. The second-order valence-corrected chi connectivity index (χ2v) is 5.13. The van der Waals surface area contributed by atoms with Gasteiger partial charge in [-0.1, -0.05) is 19.1 Å². The molecule has 1 atom stereocenters. The van der Waals surface area contributed by atoms with Crippen molar-refractivity contribution >= 4 is 5.69 Å². The van der Waals surface area contributed by atoms with Crippen molar-refractivity contribution in [3.63, 3.8) is 0 Å². The lowest BCUT2D eigenvalue weighted by atomic mass is 10.1. The van der Waals surface area contributed by atoms with Gasteiger partial charge in [-0.15, -0.1) is 0 Å². The molecule has 3 heteroatoms. The molecule has 1 aromatic carbocycles. The van der Waals surface area contributed by atoms with Crippen LogP contribution >= 0.6 is 0 Å². The van der Waals surface area contributed by atoms with Gasteiger partial charge in [-0.05, 0) is 48.2 Å². The van der Waals surface area contributed by atoms with Crippen LogP contribution in [0.15, 0.2) is 48.8 Å². The Balaban J connectivity index is 1.94. The van der Waals surface area contributed by atoms with E-state index in [0.717, 1.165) is 19.4 Å². The zero-order valence-electron chi connectivity index (χ0n) is 12.3. The number of benzene rings is 1. The van der Waals surface area contributed by atoms with E-state index in [2.05, 4.69) is 60.3 Å². The molecule has 0 radical (unpaired) electrons. The van der Waals surface area contributed by atoms with Crippen LogP contribution in [0, 0.1) is 0 Å².